The minimum Gasteiger partial charge on any atom is -0.491 e. The monoisotopic (exact) mass is 408 g/mol. The lowest BCUT2D eigenvalue weighted by Crippen LogP contribution is -2.22. The van der Waals surface area contributed by atoms with E-state index >= 15 is 0 Å². The second-order valence-electron chi connectivity index (χ2n) is 9.18. The van der Waals surface area contributed by atoms with E-state index in [2.05, 4.69) is 6.92 Å². The van der Waals surface area contributed by atoms with Gasteiger partial charge in [-0.15, -0.1) is 0 Å². The summed E-state index contributed by atoms with van der Waals surface area (Å²) in [5.74, 6) is 0.450. The van der Waals surface area contributed by atoms with Crippen LogP contribution >= 0.6 is 0 Å². The third kappa shape index (κ3) is 5.58. The fraction of sp³-hybridized carbons (Fsp3) is 0.750. The lowest BCUT2D eigenvalue weighted by molar-refractivity contribution is 0.275. The summed E-state index contributed by atoms with van der Waals surface area (Å²) >= 11 is 0. The fourth-order valence-electron chi connectivity index (χ4n) is 5.58. The molecule has 2 aliphatic rings. The Morgan fingerprint density at radius 1 is 0.893 bits per heavy atom. The summed E-state index contributed by atoms with van der Waals surface area (Å²) in [6, 6.07) is 8.05. The summed E-state index contributed by atoms with van der Waals surface area (Å²) in [7, 11) is -0.360. The number of rotatable bonds is 8. The van der Waals surface area contributed by atoms with Gasteiger partial charge in [-0.05, 0) is 62.0 Å². The van der Waals surface area contributed by atoms with Crippen LogP contribution in [0.1, 0.15) is 83.1 Å². The number of ether oxygens (including phenoxy) is 1. The average Bonchev–Trinajstić information content (AvgIpc) is 2.72. The maximum absolute atomic E-state index is 14.5. The summed E-state index contributed by atoms with van der Waals surface area (Å²) in [4.78, 5) is 0. The van der Waals surface area contributed by atoms with Gasteiger partial charge in [0.2, 0.25) is 5.82 Å². The van der Waals surface area contributed by atoms with Crippen molar-refractivity contribution < 1.29 is 13.5 Å². The van der Waals surface area contributed by atoms with E-state index < -0.39 is 11.6 Å². The van der Waals surface area contributed by atoms with Crippen LogP contribution in [0.15, 0.2) is 12.1 Å². The third-order valence-corrected chi connectivity index (χ3v) is 11.0. The van der Waals surface area contributed by atoms with E-state index in [0.717, 1.165) is 24.7 Å². The zero-order valence-electron chi connectivity index (χ0n) is 17.8. The first-order valence-corrected chi connectivity index (χ1v) is 14.2. The van der Waals surface area contributed by atoms with E-state index in [1.54, 1.807) is 37.2 Å². The van der Waals surface area contributed by atoms with Crippen LogP contribution in [0.25, 0.3) is 0 Å². The molecule has 1 heterocycles. The maximum Gasteiger partial charge on any atom is 0.200 e. The fourth-order valence-corrected chi connectivity index (χ4v) is 9.15. The smallest absolute Gasteiger partial charge is 0.200 e. The van der Waals surface area contributed by atoms with Gasteiger partial charge in [-0.2, -0.15) is 4.39 Å². The molecule has 0 amide bonds. The highest BCUT2D eigenvalue weighted by molar-refractivity contribution is 6.58. The van der Waals surface area contributed by atoms with Crippen LogP contribution in [0.3, 0.4) is 0 Å². The van der Waals surface area contributed by atoms with E-state index in [4.69, 9.17) is 4.74 Å². The predicted octanol–water partition coefficient (Wildman–Crippen LogP) is 7.46. The first-order chi connectivity index (χ1) is 13.6. The lowest BCUT2D eigenvalue weighted by atomic mass is 9.76. The normalized spacial score (nSPS) is 28.3. The van der Waals surface area contributed by atoms with Crippen molar-refractivity contribution in [2.45, 2.75) is 95.7 Å². The molecule has 2 fully saturated rings. The molecule has 1 aromatic carbocycles. The molecular formula is C24H38F2OSi. The topological polar surface area (TPSA) is 9.23 Å². The molecule has 0 spiro atoms. The van der Waals surface area contributed by atoms with Gasteiger partial charge < -0.3 is 4.74 Å². The molecule has 1 aliphatic heterocycles. The van der Waals surface area contributed by atoms with E-state index in [9.17, 15) is 8.78 Å². The first-order valence-electron chi connectivity index (χ1n) is 11.7. The Morgan fingerprint density at radius 3 is 2.14 bits per heavy atom. The van der Waals surface area contributed by atoms with Crippen molar-refractivity contribution in [3.05, 3.63) is 29.3 Å². The van der Waals surface area contributed by atoms with Crippen molar-refractivity contribution in [1.82, 2.24) is 0 Å². The SMILES string of the molecule is CCC[SiH]1CCC(CC[C@H]2CC[C@H](c3ccc(OCC)c(F)c3F)CC2)CC1. The average molecular weight is 409 g/mol. The van der Waals surface area contributed by atoms with E-state index in [0.29, 0.717) is 12.2 Å². The number of hydrogen-bond acceptors (Lipinski definition) is 1. The second-order valence-corrected chi connectivity index (χ2v) is 12.6. The molecule has 158 valence electrons. The summed E-state index contributed by atoms with van der Waals surface area (Å²) < 4.78 is 33.9. The van der Waals surface area contributed by atoms with Crippen molar-refractivity contribution in [2.75, 3.05) is 6.61 Å². The minimum absolute atomic E-state index is 0.0363. The standard InChI is InChI=1S/C24H38F2OSi/c1-3-15-28-16-13-19(14-17-28)6-5-18-7-9-20(10-8-18)21-11-12-22(27-4-2)24(26)23(21)25/h11-12,18-20,28H,3-10,13-17H2,1-2H3/t18-,19?,20-,28?. The van der Waals surface area contributed by atoms with Gasteiger partial charge >= 0.3 is 0 Å². The van der Waals surface area contributed by atoms with Crippen molar-refractivity contribution in [3.63, 3.8) is 0 Å². The maximum atomic E-state index is 14.5. The Balaban J connectivity index is 1.43. The Kier molecular flexibility index (Phi) is 8.37. The van der Waals surface area contributed by atoms with E-state index in [1.807, 2.05) is 0 Å². The zero-order chi connectivity index (χ0) is 19.9. The van der Waals surface area contributed by atoms with Gasteiger partial charge in [0.15, 0.2) is 11.6 Å². The van der Waals surface area contributed by atoms with Gasteiger partial charge in [-0.1, -0.05) is 63.2 Å². The molecule has 28 heavy (non-hydrogen) atoms. The number of hydrogen-bond donors (Lipinski definition) is 0. The van der Waals surface area contributed by atoms with Crippen LogP contribution in [0, 0.1) is 23.5 Å². The number of benzene rings is 1. The highest BCUT2D eigenvalue weighted by Gasteiger charge is 2.28. The molecule has 1 saturated heterocycles. The van der Waals surface area contributed by atoms with Crippen molar-refractivity contribution in [3.8, 4) is 5.75 Å². The van der Waals surface area contributed by atoms with Crippen LogP contribution in [-0.2, 0) is 0 Å². The molecular weight excluding hydrogens is 370 g/mol. The Morgan fingerprint density at radius 2 is 1.54 bits per heavy atom. The molecule has 0 atom stereocenters. The highest BCUT2D eigenvalue weighted by Crippen LogP contribution is 2.41. The van der Waals surface area contributed by atoms with Gasteiger partial charge in [0.1, 0.15) is 0 Å². The van der Waals surface area contributed by atoms with Gasteiger partial charge in [0, 0.05) is 8.80 Å². The first kappa shape index (κ1) is 21.8. The van der Waals surface area contributed by atoms with Crippen LogP contribution in [0.2, 0.25) is 18.1 Å². The van der Waals surface area contributed by atoms with Crippen LogP contribution in [-0.4, -0.2) is 15.4 Å². The van der Waals surface area contributed by atoms with Gasteiger partial charge in [0.05, 0.1) is 6.61 Å². The van der Waals surface area contributed by atoms with E-state index in [1.165, 1.54) is 44.9 Å². The van der Waals surface area contributed by atoms with Gasteiger partial charge in [-0.3, -0.25) is 0 Å². The second kappa shape index (κ2) is 10.8. The van der Waals surface area contributed by atoms with Gasteiger partial charge in [0.25, 0.3) is 0 Å². The zero-order valence-corrected chi connectivity index (χ0v) is 19.0. The van der Waals surface area contributed by atoms with Crippen molar-refractivity contribution >= 4 is 8.80 Å². The van der Waals surface area contributed by atoms with Gasteiger partial charge in [-0.25, -0.2) is 4.39 Å². The van der Waals surface area contributed by atoms with E-state index in [-0.39, 0.29) is 20.5 Å². The highest BCUT2D eigenvalue weighted by atomic mass is 28.3. The molecule has 0 N–H and O–H groups in total. The Labute approximate surface area is 171 Å². The molecule has 1 nitrogen and oxygen atoms in total. The predicted molar refractivity (Wildman–Crippen MR) is 116 cm³/mol. The Bertz CT molecular complexity index is 605. The largest absolute Gasteiger partial charge is 0.491 e. The molecule has 0 unspecified atom stereocenters. The molecule has 0 aromatic heterocycles. The quantitative estimate of drug-likeness (QED) is 0.405. The summed E-state index contributed by atoms with van der Waals surface area (Å²) in [6.45, 7) is 4.47. The molecule has 4 heteroatoms. The van der Waals surface area contributed by atoms with Crippen LogP contribution in [0.4, 0.5) is 8.78 Å². The molecule has 1 aliphatic carbocycles. The van der Waals surface area contributed by atoms with Crippen molar-refractivity contribution in [1.29, 1.82) is 0 Å². The molecule has 1 saturated carbocycles. The third-order valence-electron chi connectivity index (χ3n) is 7.31. The number of halogens is 2. The Hall–Kier alpha value is -0.903. The van der Waals surface area contributed by atoms with Crippen LogP contribution < -0.4 is 4.74 Å². The molecule has 0 radical (unpaired) electrons. The summed E-state index contributed by atoms with van der Waals surface area (Å²) in [5.41, 5.74) is 0.554. The molecule has 3 rings (SSSR count). The van der Waals surface area contributed by atoms with Crippen LogP contribution in [0.5, 0.6) is 5.75 Å². The van der Waals surface area contributed by atoms with Crippen molar-refractivity contribution in [2.24, 2.45) is 11.8 Å². The summed E-state index contributed by atoms with van der Waals surface area (Å²) in [5, 5.41) is 0. The summed E-state index contributed by atoms with van der Waals surface area (Å²) in [6.07, 6.45) is 11.4. The minimum atomic E-state index is -0.816. The lowest BCUT2D eigenvalue weighted by Gasteiger charge is -2.32. The molecule has 0 bridgehead atoms. The molecule has 1 aromatic rings.